The van der Waals surface area contributed by atoms with Crippen molar-refractivity contribution in [2.45, 2.75) is 19.3 Å². The van der Waals surface area contributed by atoms with E-state index in [1.54, 1.807) is 36.4 Å². The van der Waals surface area contributed by atoms with Crippen LogP contribution in [0.2, 0.25) is 0 Å². The molecule has 1 N–H and O–H groups in total. The Labute approximate surface area is 190 Å². The summed E-state index contributed by atoms with van der Waals surface area (Å²) < 4.78 is 10.2. The molecule has 1 aliphatic heterocycles. The fourth-order valence-electron chi connectivity index (χ4n) is 5.55. The second-order valence-electron chi connectivity index (χ2n) is 8.80. The van der Waals surface area contributed by atoms with E-state index in [0.29, 0.717) is 17.1 Å². The van der Waals surface area contributed by atoms with Crippen molar-refractivity contribution in [2.24, 2.45) is 23.7 Å². The zero-order valence-electron chi connectivity index (χ0n) is 18.2. The number of esters is 1. The second-order valence-corrected chi connectivity index (χ2v) is 8.80. The lowest BCUT2D eigenvalue weighted by atomic mass is 9.81. The number of carbonyl (C=O) groups excluding carboxylic acids is 4. The monoisotopic (exact) mass is 448 g/mol. The smallest absolute Gasteiger partial charge is 0.338 e. The van der Waals surface area contributed by atoms with Crippen LogP contribution in [0.15, 0.2) is 48.5 Å². The number of nitrogens with one attached hydrogen (secondary N) is 1. The van der Waals surface area contributed by atoms with Gasteiger partial charge in [-0.05, 0) is 61.4 Å². The summed E-state index contributed by atoms with van der Waals surface area (Å²) in [4.78, 5) is 52.0. The second kappa shape index (κ2) is 8.35. The van der Waals surface area contributed by atoms with Crippen LogP contribution in [0.5, 0.6) is 5.75 Å². The van der Waals surface area contributed by atoms with Gasteiger partial charge in [0.15, 0.2) is 6.61 Å². The van der Waals surface area contributed by atoms with Gasteiger partial charge in [-0.25, -0.2) is 4.79 Å². The van der Waals surface area contributed by atoms with Gasteiger partial charge in [0.05, 0.1) is 30.2 Å². The Hall–Kier alpha value is -3.68. The predicted octanol–water partition coefficient (Wildman–Crippen LogP) is 3.03. The standard InChI is InChI=1S/C25H24N2O6/c1-32-19-7-3-5-17(12-19)26-20(28)13-33-25(31)16-4-2-6-18(11-16)27-23(29)21-14-8-9-15(10-14)22(21)24(27)30/h2-7,11-12,14-15,21-22H,8-10,13H2,1H3,(H,26,28)/t14-,15-,21-,22+/m0/s1. The summed E-state index contributed by atoms with van der Waals surface area (Å²) in [5, 5.41) is 2.63. The van der Waals surface area contributed by atoms with Gasteiger partial charge in [-0.2, -0.15) is 0 Å². The number of carbonyl (C=O) groups is 4. The van der Waals surface area contributed by atoms with Crippen molar-refractivity contribution in [3.05, 3.63) is 54.1 Å². The summed E-state index contributed by atoms with van der Waals surface area (Å²) in [5.41, 5.74) is 1.05. The van der Waals surface area contributed by atoms with Crippen molar-refractivity contribution >= 4 is 35.1 Å². The molecule has 0 aromatic heterocycles. The van der Waals surface area contributed by atoms with Crippen molar-refractivity contribution in [1.29, 1.82) is 0 Å². The molecule has 3 amide bonds. The minimum atomic E-state index is -0.711. The zero-order chi connectivity index (χ0) is 23.1. The molecule has 8 nitrogen and oxygen atoms in total. The Kier molecular flexibility index (Phi) is 5.36. The molecule has 1 heterocycles. The zero-order valence-corrected chi connectivity index (χ0v) is 18.2. The summed E-state index contributed by atoms with van der Waals surface area (Å²) in [6, 6.07) is 13.1. The minimum Gasteiger partial charge on any atom is -0.497 e. The highest BCUT2D eigenvalue weighted by atomic mass is 16.5. The molecule has 5 rings (SSSR count). The highest BCUT2D eigenvalue weighted by molar-refractivity contribution is 6.22. The first-order chi connectivity index (χ1) is 16.0. The predicted molar refractivity (Wildman–Crippen MR) is 119 cm³/mol. The summed E-state index contributed by atoms with van der Waals surface area (Å²) in [7, 11) is 1.52. The van der Waals surface area contributed by atoms with Gasteiger partial charge in [-0.1, -0.05) is 12.1 Å². The third-order valence-corrected chi connectivity index (χ3v) is 6.96. The molecule has 0 spiro atoms. The first kappa shape index (κ1) is 21.2. The number of hydrogen-bond acceptors (Lipinski definition) is 6. The fourth-order valence-corrected chi connectivity index (χ4v) is 5.55. The molecule has 0 radical (unpaired) electrons. The normalized spacial score (nSPS) is 25.2. The Morgan fingerprint density at radius 1 is 1.00 bits per heavy atom. The molecular weight excluding hydrogens is 424 g/mol. The molecule has 33 heavy (non-hydrogen) atoms. The number of imide groups is 1. The third-order valence-electron chi connectivity index (χ3n) is 6.96. The first-order valence-corrected chi connectivity index (χ1v) is 11.0. The number of methoxy groups -OCH3 is 1. The van der Waals surface area contributed by atoms with Crippen LogP contribution in [0.4, 0.5) is 11.4 Å². The SMILES string of the molecule is COc1cccc(NC(=O)COC(=O)c2cccc(N3C(=O)[C@@H]4[C@H]5CC[C@@H](C5)[C@@H]4C3=O)c2)c1. The topological polar surface area (TPSA) is 102 Å². The maximum absolute atomic E-state index is 13.0. The van der Waals surface area contributed by atoms with E-state index in [2.05, 4.69) is 5.32 Å². The van der Waals surface area contributed by atoms with Gasteiger partial charge < -0.3 is 14.8 Å². The molecule has 2 aliphatic carbocycles. The van der Waals surface area contributed by atoms with E-state index in [1.165, 1.54) is 24.1 Å². The van der Waals surface area contributed by atoms with Gasteiger partial charge in [0.1, 0.15) is 5.75 Å². The number of fused-ring (bicyclic) bond motifs is 5. The molecule has 0 unspecified atom stereocenters. The van der Waals surface area contributed by atoms with E-state index in [1.807, 2.05) is 0 Å². The summed E-state index contributed by atoms with van der Waals surface area (Å²) in [6.45, 7) is -0.477. The van der Waals surface area contributed by atoms with Crippen LogP contribution < -0.4 is 15.0 Å². The van der Waals surface area contributed by atoms with Crippen LogP contribution in [-0.2, 0) is 19.1 Å². The van der Waals surface area contributed by atoms with Crippen LogP contribution in [0.25, 0.3) is 0 Å². The molecule has 170 valence electrons. The maximum Gasteiger partial charge on any atom is 0.338 e. The Morgan fingerprint density at radius 2 is 1.70 bits per heavy atom. The lowest BCUT2D eigenvalue weighted by Crippen LogP contribution is -2.32. The van der Waals surface area contributed by atoms with Crippen LogP contribution in [0.1, 0.15) is 29.6 Å². The van der Waals surface area contributed by atoms with Gasteiger partial charge in [0.25, 0.3) is 5.91 Å². The maximum atomic E-state index is 13.0. The highest BCUT2D eigenvalue weighted by Gasteiger charge is 2.61. The van der Waals surface area contributed by atoms with Crippen LogP contribution >= 0.6 is 0 Å². The Bertz CT molecular complexity index is 1120. The number of ether oxygens (including phenoxy) is 2. The Morgan fingerprint density at radius 3 is 2.39 bits per heavy atom. The van der Waals surface area contributed by atoms with E-state index >= 15 is 0 Å². The van der Waals surface area contributed by atoms with Gasteiger partial charge in [0, 0.05) is 11.8 Å². The van der Waals surface area contributed by atoms with Crippen molar-refractivity contribution in [3.8, 4) is 5.75 Å². The van der Waals surface area contributed by atoms with E-state index in [0.717, 1.165) is 19.3 Å². The quantitative estimate of drug-likeness (QED) is 0.538. The highest BCUT2D eigenvalue weighted by Crippen LogP contribution is 2.56. The van der Waals surface area contributed by atoms with Crippen LogP contribution in [0.3, 0.4) is 0 Å². The van der Waals surface area contributed by atoms with Gasteiger partial charge in [-0.15, -0.1) is 0 Å². The van der Waals surface area contributed by atoms with Crippen LogP contribution in [0, 0.1) is 23.7 Å². The van der Waals surface area contributed by atoms with Gasteiger partial charge in [-0.3, -0.25) is 19.3 Å². The van der Waals surface area contributed by atoms with Crippen molar-refractivity contribution in [1.82, 2.24) is 0 Å². The van der Waals surface area contributed by atoms with E-state index in [-0.39, 0.29) is 41.0 Å². The average Bonchev–Trinajstić information content (AvgIpc) is 3.51. The fraction of sp³-hybridized carbons (Fsp3) is 0.360. The molecule has 1 saturated heterocycles. The molecule has 4 atom stereocenters. The minimum absolute atomic E-state index is 0.166. The van der Waals surface area contributed by atoms with Crippen molar-refractivity contribution in [2.75, 3.05) is 23.9 Å². The Balaban J connectivity index is 1.24. The summed E-state index contributed by atoms with van der Waals surface area (Å²) in [6.07, 6.45) is 2.97. The van der Waals surface area contributed by atoms with Gasteiger partial charge >= 0.3 is 5.97 Å². The number of anilines is 2. The van der Waals surface area contributed by atoms with Crippen molar-refractivity contribution < 1.29 is 28.7 Å². The molecule has 2 saturated carbocycles. The molecule has 2 aromatic rings. The molecule has 3 aliphatic rings. The number of rotatable bonds is 6. The van der Waals surface area contributed by atoms with Crippen LogP contribution in [-0.4, -0.2) is 37.4 Å². The van der Waals surface area contributed by atoms with E-state index in [4.69, 9.17) is 9.47 Å². The number of hydrogen-bond donors (Lipinski definition) is 1. The first-order valence-electron chi connectivity index (χ1n) is 11.0. The van der Waals surface area contributed by atoms with Gasteiger partial charge in [0.2, 0.25) is 11.8 Å². The summed E-state index contributed by atoms with van der Waals surface area (Å²) in [5.74, 6) is -0.835. The molecule has 2 bridgehead atoms. The molecular formula is C25H24N2O6. The largest absolute Gasteiger partial charge is 0.497 e. The lowest BCUT2D eigenvalue weighted by Gasteiger charge is -2.19. The number of amides is 3. The molecule has 8 heteroatoms. The number of benzene rings is 2. The molecule has 3 fully saturated rings. The molecule has 2 aromatic carbocycles. The summed E-state index contributed by atoms with van der Waals surface area (Å²) >= 11 is 0. The van der Waals surface area contributed by atoms with E-state index < -0.39 is 18.5 Å². The average molecular weight is 448 g/mol. The number of nitrogens with zero attached hydrogens (tertiary/aromatic N) is 1. The van der Waals surface area contributed by atoms with E-state index in [9.17, 15) is 19.2 Å². The third kappa shape index (κ3) is 3.75. The lowest BCUT2D eigenvalue weighted by molar-refractivity contribution is -0.123. The van der Waals surface area contributed by atoms with Crippen molar-refractivity contribution in [3.63, 3.8) is 0 Å².